The van der Waals surface area contributed by atoms with Crippen LogP contribution in [0.15, 0.2) is 22.9 Å². The summed E-state index contributed by atoms with van der Waals surface area (Å²) in [7, 11) is 0. The Kier molecular flexibility index (Phi) is 5.67. The van der Waals surface area contributed by atoms with Gasteiger partial charge in [-0.3, -0.25) is 9.69 Å². The Morgan fingerprint density at radius 2 is 2.00 bits per heavy atom. The van der Waals surface area contributed by atoms with Crippen molar-refractivity contribution in [3.8, 4) is 0 Å². The molecule has 1 saturated heterocycles. The van der Waals surface area contributed by atoms with Gasteiger partial charge in [-0.25, -0.2) is 14.8 Å². The highest BCUT2D eigenvalue weighted by Crippen LogP contribution is 2.32. The zero-order valence-electron chi connectivity index (χ0n) is 15.8. The fourth-order valence-electron chi connectivity index (χ4n) is 3.05. The number of rotatable bonds is 2. The molecule has 2 N–H and O–H groups in total. The molecule has 2 heterocycles. The lowest BCUT2D eigenvalue weighted by atomic mass is 10.1. The first-order chi connectivity index (χ1) is 13.1. The zero-order chi connectivity index (χ0) is 20.6. The molecule has 0 aliphatic carbocycles. The van der Waals surface area contributed by atoms with Gasteiger partial charge in [0.1, 0.15) is 23.8 Å². The summed E-state index contributed by atoms with van der Waals surface area (Å²) in [4.78, 5) is 36.5. The maximum Gasteiger partial charge on any atom is 0.411 e. The van der Waals surface area contributed by atoms with Crippen molar-refractivity contribution in [2.75, 3.05) is 24.5 Å². The van der Waals surface area contributed by atoms with Crippen LogP contribution >= 0.6 is 27.5 Å². The standard InChI is InChI=1S/C18H21BrClN5O3/c1-18(2,3)28-17(27)25-5-4-24(8-14(25)15(21)26)16-10-6-11(19)12(20)7-13(10)22-9-23-16/h6-7,9,14H,4-5,8H2,1-3H3,(H2,21,26). The molecule has 2 amide bonds. The number of anilines is 1. The monoisotopic (exact) mass is 469 g/mol. The molecule has 0 saturated carbocycles. The first-order valence-corrected chi connectivity index (χ1v) is 9.87. The van der Waals surface area contributed by atoms with Gasteiger partial charge in [0.25, 0.3) is 0 Å². The van der Waals surface area contributed by atoms with Crippen molar-refractivity contribution in [2.45, 2.75) is 32.4 Å². The van der Waals surface area contributed by atoms with Gasteiger partial charge in [0, 0.05) is 29.5 Å². The molecule has 1 unspecified atom stereocenters. The van der Waals surface area contributed by atoms with E-state index in [1.165, 1.54) is 11.2 Å². The first kappa shape index (κ1) is 20.6. The lowest BCUT2D eigenvalue weighted by molar-refractivity contribution is -0.123. The molecule has 0 radical (unpaired) electrons. The van der Waals surface area contributed by atoms with Crippen LogP contribution in [0.4, 0.5) is 10.6 Å². The molecule has 0 bridgehead atoms. The van der Waals surface area contributed by atoms with Gasteiger partial charge in [-0.15, -0.1) is 0 Å². The smallest absolute Gasteiger partial charge is 0.411 e. The molecule has 1 fully saturated rings. The van der Waals surface area contributed by atoms with Gasteiger partial charge < -0.3 is 15.4 Å². The number of aromatic nitrogens is 2. The average Bonchev–Trinajstić information content (AvgIpc) is 2.60. The number of nitrogens with two attached hydrogens (primary N) is 1. The highest BCUT2D eigenvalue weighted by Gasteiger charge is 2.37. The van der Waals surface area contributed by atoms with Crippen molar-refractivity contribution in [3.05, 3.63) is 28.0 Å². The summed E-state index contributed by atoms with van der Waals surface area (Å²) in [5, 5.41) is 1.33. The van der Waals surface area contributed by atoms with Crippen molar-refractivity contribution < 1.29 is 14.3 Å². The predicted molar refractivity (Wildman–Crippen MR) is 110 cm³/mol. The summed E-state index contributed by atoms with van der Waals surface area (Å²) in [6, 6.07) is 2.76. The lowest BCUT2D eigenvalue weighted by Crippen LogP contribution is -2.60. The third-order valence-corrected chi connectivity index (χ3v) is 5.49. The Hall–Kier alpha value is -2.13. The highest BCUT2D eigenvalue weighted by atomic mass is 79.9. The van der Waals surface area contributed by atoms with Crippen molar-refractivity contribution in [1.29, 1.82) is 0 Å². The lowest BCUT2D eigenvalue weighted by Gasteiger charge is -2.40. The van der Waals surface area contributed by atoms with E-state index in [0.717, 1.165) is 9.86 Å². The second kappa shape index (κ2) is 7.71. The van der Waals surface area contributed by atoms with E-state index in [-0.39, 0.29) is 13.1 Å². The van der Waals surface area contributed by atoms with E-state index >= 15 is 0 Å². The summed E-state index contributed by atoms with van der Waals surface area (Å²) >= 11 is 9.57. The van der Waals surface area contributed by atoms with Crippen LogP contribution in [0.1, 0.15) is 20.8 Å². The quantitative estimate of drug-likeness (QED) is 0.724. The molecule has 3 rings (SSSR count). The minimum absolute atomic E-state index is 0.209. The van der Waals surface area contributed by atoms with Gasteiger partial charge >= 0.3 is 6.09 Å². The van der Waals surface area contributed by atoms with Crippen molar-refractivity contribution in [1.82, 2.24) is 14.9 Å². The van der Waals surface area contributed by atoms with E-state index in [4.69, 9.17) is 22.1 Å². The maximum absolute atomic E-state index is 12.5. The van der Waals surface area contributed by atoms with Crippen LogP contribution in [-0.2, 0) is 9.53 Å². The zero-order valence-corrected chi connectivity index (χ0v) is 18.1. The molecule has 0 spiro atoms. The highest BCUT2D eigenvalue weighted by molar-refractivity contribution is 9.10. The van der Waals surface area contributed by atoms with E-state index in [1.54, 1.807) is 26.8 Å². The number of halogens is 2. The van der Waals surface area contributed by atoms with Crippen LogP contribution in [0, 0.1) is 0 Å². The summed E-state index contributed by atoms with van der Waals surface area (Å²) in [5.74, 6) is 0.0515. The number of piperazine rings is 1. The Balaban J connectivity index is 1.91. The Bertz CT molecular complexity index is 933. The molecule has 1 aromatic carbocycles. The fourth-order valence-corrected chi connectivity index (χ4v) is 3.55. The summed E-state index contributed by atoms with van der Waals surface area (Å²) < 4.78 is 6.13. The Morgan fingerprint density at radius 1 is 1.29 bits per heavy atom. The molecule has 1 atom stereocenters. The summed E-state index contributed by atoms with van der Waals surface area (Å²) in [6.45, 7) is 6.28. The number of nitrogens with zero attached hydrogens (tertiary/aromatic N) is 4. The SMILES string of the molecule is CC(C)(C)OC(=O)N1CCN(c2ncnc3cc(Cl)c(Br)cc23)CC1C(N)=O. The van der Waals surface area contributed by atoms with Crippen molar-refractivity contribution in [2.24, 2.45) is 5.73 Å². The van der Waals surface area contributed by atoms with Gasteiger partial charge in [0.2, 0.25) is 5.91 Å². The van der Waals surface area contributed by atoms with E-state index in [9.17, 15) is 9.59 Å². The summed E-state index contributed by atoms with van der Waals surface area (Å²) in [5.41, 5.74) is 5.61. The fraction of sp³-hybridized carbons (Fsp3) is 0.444. The second-order valence-electron chi connectivity index (χ2n) is 7.52. The predicted octanol–water partition coefficient (Wildman–Crippen LogP) is 2.96. The molecule has 10 heteroatoms. The van der Waals surface area contributed by atoms with Gasteiger partial charge in [-0.1, -0.05) is 11.6 Å². The molecular formula is C18H21BrClN5O3. The minimum atomic E-state index is -0.829. The summed E-state index contributed by atoms with van der Waals surface area (Å²) in [6.07, 6.45) is 0.888. The number of carbonyl (C=O) groups is 2. The third-order valence-electron chi connectivity index (χ3n) is 4.29. The number of hydrogen-bond acceptors (Lipinski definition) is 6. The average molecular weight is 471 g/mol. The van der Waals surface area contributed by atoms with Crippen LogP contribution in [0.2, 0.25) is 5.02 Å². The number of amides is 2. The maximum atomic E-state index is 12.5. The molecule has 1 aliphatic rings. The minimum Gasteiger partial charge on any atom is -0.444 e. The molecule has 8 nitrogen and oxygen atoms in total. The van der Waals surface area contributed by atoms with Crippen LogP contribution in [-0.4, -0.2) is 58.1 Å². The van der Waals surface area contributed by atoms with E-state index in [0.29, 0.717) is 22.9 Å². The molecule has 1 aromatic heterocycles. The molecule has 2 aromatic rings. The van der Waals surface area contributed by atoms with Crippen LogP contribution in [0.25, 0.3) is 10.9 Å². The van der Waals surface area contributed by atoms with Gasteiger partial charge in [-0.05, 0) is 48.8 Å². The molecule has 1 aliphatic heterocycles. The third kappa shape index (κ3) is 4.30. The van der Waals surface area contributed by atoms with E-state index in [1.807, 2.05) is 11.0 Å². The number of benzene rings is 1. The van der Waals surface area contributed by atoms with Crippen LogP contribution in [0.3, 0.4) is 0 Å². The van der Waals surface area contributed by atoms with Crippen molar-refractivity contribution in [3.63, 3.8) is 0 Å². The number of fused-ring (bicyclic) bond motifs is 1. The largest absolute Gasteiger partial charge is 0.444 e. The Morgan fingerprint density at radius 3 is 2.64 bits per heavy atom. The number of hydrogen-bond donors (Lipinski definition) is 1. The molecule has 150 valence electrons. The first-order valence-electron chi connectivity index (χ1n) is 8.70. The normalized spacial score (nSPS) is 17.7. The van der Waals surface area contributed by atoms with Gasteiger partial charge in [0.05, 0.1) is 10.5 Å². The van der Waals surface area contributed by atoms with Gasteiger partial charge in [-0.2, -0.15) is 0 Å². The van der Waals surface area contributed by atoms with Crippen LogP contribution in [0.5, 0.6) is 0 Å². The Labute approximate surface area is 176 Å². The molecular weight excluding hydrogens is 450 g/mol. The molecule has 28 heavy (non-hydrogen) atoms. The second-order valence-corrected chi connectivity index (χ2v) is 8.78. The van der Waals surface area contributed by atoms with E-state index < -0.39 is 23.6 Å². The number of ether oxygens (including phenoxy) is 1. The number of primary amides is 1. The van der Waals surface area contributed by atoms with E-state index in [2.05, 4.69) is 25.9 Å². The van der Waals surface area contributed by atoms with Crippen LogP contribution < -0.4 is 10.6 Å². The number of carbonyl (C=O) groups excluding carboxylic acids is 2. The van der Waals surface area contributed by atoms with Crippen molar-refractivity contribution >= 4 is 56.3 Å². The topological polar surface area (TPSA) is 102 Å². The van der Waals surface area contributed by atoms with Gasteiger partial charge in [0.15, 0.2) is 0 Å².